The van der Waals surface area contributed by atoms with Crippen molar-refractivity contribution in [2.75, 3.05) is 0 Å². The minimum Gasteiger partial charge on any atom is -0.300 e. The van der Waals surface area contributed by atoms with Crippen LogP contribution in [-0.4, -0.2) is 5.78 Å². The Balaban J connectivity index is 1.56. The lowest BCUT2D eigenvalue weighted by molar-refractivity contribution is -0.117. The molecule has 1 nitrogen and oxygen atoms in total. The maximum atomic E-state index is 11.8. The predicted octanol–water partition coefficient (Wildman–Crippen LogP) is 4.21. The summed E-state index contributed by atoms with van der Waals surface area (Å²) in [6, 6.07) is 0. The molecule has 0 amide bonds. The molecule has 0 aliphatic heterocycles. The van der Waals surface area contributed by atoms with Crippen molar-refractivity contribution in [1.29, 1.82) is 0 Å². The molecule has 0 aromatic heterocycles. The topological polar surface area (TPSA) is 17.1 Å². The van der Waals surface area contributed by atoms with Crippen molar-refractivity contribution in [1.82, 2.24) is 0 Å². The summed E-state index contributed by atoms with van der Waals surface area (Å²) in [6.45, 7) is 0. The second-order valence-corrected chi connectivity index (χ2v) is 7.56. The second kappa shape index (κ2) is 4.35. The Bertz CT molecular complexity index is 348. The van der Waals surface area contributed by atoms with E-state index in [0.29, 0.717) is 5.78 Å². The molecule has 4 fully saturated rings. The molecule has 0 radical (unpaired) electrons. The molecule has 0 spiro atoms. The van der Waals surface area contributed by atoms with Gasteiger partial charge < -0.3 is 0 Å². The standard InChI is InChI=1S/C17H26O/c18-13-9-12-6-8-15-14-4-2-1-3-11(14)5-7-16(15)17(12)10-13/h11-12,14-17H,1-10H2. The van der Waals surface area contributed by atoms with Gasteiger partial charge in [-0.25, -0.2) is 0 Å². The van der Waals surface area contributed by atoms with E-state index in [-0.39, 0.29) is 0 Å². The van der Waals surface area contributed by atoms with Crippen molar-refractivity contribution >= 4 is 5.78 Å². The van der Waals surface area contributed by atoms with Crippen LogP contribution >= 0.6 is 0 Å². The lowest BCUT2D eigenvalue weighted by Crippen LogP contribution is -2.43. The number of carbonyl (C=O) groups is 1. The highest BCUT2D eigenvalue weighted by Crippen LogP contribution is 2.57. The third-order valence-electron chi connectivity index (χ3n) is 6.92. The summed E-state index contributed by atoms with van der Waals surface area (Å²) in [5, 5.41) is 0. The Morgan fingerprint density at radius 3 is 2.22 bits per heavy atom. The van der Waals surface area contributed by atoms with Gasteiger partial charge >= 0.3 is 0 Å². The van der Waals surface area contributed by atoms with E-state index in [4.69, 9.17) is 0 Å². The van der Waals surface area contributed by atoms with Gasteiger partial charge in [0.25, 0.3) is 0 Å². The highest BCUT2D eigenvalue weighted by molar-refractivity contribution is 5.81. The summed E-state index contributed by atoms with van der Waals surface area (Å²) in [4.78, 5) is 11.8. The van der Waals surface area contributed by atoms with Gasteiger partial charge in [0.1, 0.15) is 5.78 Å². The second-order valence-electron chi connectivity index (χ2n) is 7.56. The van der Waals surface area contributed by atoms with Crippen LogP contribution in [0.4, 0.5) is 0 Å². The molecule has 4 aliphatic carbocycles. The van der Waals surface area contributed by atoms with Crippen LogP contribution in [0.25, 0.3) is 0 Å². The van der Waals surface area contributed by atoms with Crippen LogP contribution in [0.1, 0.15) is 64.2 Å². The molecule has 100 valence electrons. The smallest absolute Gasteiger partial charge is 0.133 e. The maximum absolute atomic E-state index is 11.8. The van der Waals surface area contributed by atoms with E-state index in [1.54, 1.807) is 0 Å². The molecule has 4 rings (SSSR count). The third kappa shape index (κ3) is 1.69. The van der Waals surface area contributed by atoms with Crippen molar-refractivity contribution in [3.63, 3.8) is 0 Å². The SMILES string of the molecule is O=C1CC2CCC3C4CCCCC4CCC3C2C1. The zero-order valence-corrected chi connectivity index (χ0v) is 11.4. The fourth-order valence-electron chi connectivity index (χ4n) is 6.24. The summed E-state index contributed by atoms with van der Waals surface area (Å²) in [5.74, 6) is 6.24. The average Bonchev–Trinajstić information content (AvgIpc) is 2.79. The molecule has 0 N–H and O–H groups in total. The van der Waals surface area contributed by atoms with Crippen LogP contribution in [0.3, 0.4) is 0 Å². The van der Waals surface area contributed by atoms with E-state index in [1.807, 2.05) is 0 Å². The fraction of sp³-hybridized carbons (Fsp3) is 0.941. The highest BCUT2D eigenvalue weighted by atomic mass is 16.1. The minimum absolute atomic E-state index is 0.580. The van der Waals surface area contributed by atoms with E-state index >= 15 is 0 Å². The molecule has 6 atom stereocenters. The van der Waals surface area contributed by atoms with Crippen molar-refractivity contribution in [3.05, 3.63) is 0 Å². The van der Waals surface area contributed by atoms with Gasteiger partial charge in [-0.2, -0.15) is 0 Å². The van der Waals surface area contributed by atoms with Gasteiger partial charge in [-0.3, -0.25) is 4.79 Å². The Morgan fingerprint density at radius 2 is 1.33 bits per heavy atom. The highest BCUT2D eigenvalue weighted by Gasteiger charge is 2.49. The molecule has 0 bridgehead atoms. The van der Waals surface area contributed by atoms with E-state index in [0.717, 1.165) is 48.3 Å². The molecule has 0 heterocycles. The van der Waals surface area contributed by atoms with Gasteiger partial charge in [0.15, 0.2) is 0 Å². The molecule has 6 unspecified atom stereocenters. The van der Waals surface area contributed by atoms with Crippen LogP contribution in [0.5, 0.6) is 0 Å². The summed E-state index contributed by atoms with van der Waals surface area (Å²) in [7, 11) is 0. The van der Waals surface area contributed by atoms with Gasteiger partial charge in [-0.05, 0) is 67.6 Å². The first-order valence-corrected chi connectivity index (χ1v) is 8.34. The summed E-state index contributed by atoms with van der Waals surface area (Å²) < 4.78 is 0. The van der Waals surface area contributed by atoms with Crippen LogP contribution in [-0.2, 0) is 4.79 Å². The number of rotatable bonds is 0. The molecule has 0 aromatic rings. The molecular formula is C17H26O. The molecule has 18 heavy (non-hydrogen) atoms. The Kier molecular flexibility index (Phi) is 2.78. The van der Waals surface area contributed by atoms with E-state index < -0.39 is 0 Å². The third-order valence-corrected chi connectivity index (χ3v) is 6.92. The summed E-state index contributed by atoms with van der Waals surface area (Å²) in [5.41, 5.74) is 0. The van der Waals surface area contributed by atoms with Crippen molar-refractivity contribution in [2.24, 2.45) is 35.5 Å². The molecule has 1 heteroatoms. The zero-order chi connectivity index (χ0) is 12.1. The first-order chi connectivity index (χ1) is 8.83. The molecule has 4 aliphatic rings. The Hall–Kier alpha value is -0.330. The normalized spacial score (nSPS) is 51.4. The lowest BCUT2D eigenvalue weighted by Gasteiger charge is -2.51. The minimum atomic E-state index is 0.580. The first kappa shape index (κ1) is 11.5. The Labute approximate surface area is 111 Å². The van der Waals surface area contributed by atoms with Crippen LogP contribution in [0.2, 0.25) is 0 Å². The number of carbonyl (C=O) groups excluding carboxylic acids is 1. The van der Waals surface area contributed by atoms with E-state index in [1.165, 1.54) is 51.4 Å². The van der Waals surface area contributed by atoms with Crippen molar-refractivity contribution in [3.8, 4) is 0 Å². The summed E-state index contributed by atoms with van der Waals surface area (Å²) in [6.07, 6.45) is 13.7. The zero-order valence-electron chi connectivity index (χ0n) is 11.4. The Morgan fingerprint density at radius 1 is 0.611 bits per heavy atom. The number of hydrogen-bond acceptors (Lipinski definition) is 1. The van der Waals surface area contributed by atoms with Crippen molar-refractivity contribution < 1.29 is 4.79 Å². The van der Waals surface area contributed by atoms with Gasteiger partial charge in [0.05, 0.1) is 0 Å². The van der Waals surface area contributed by atoms with Crippen LogP contribution in [0.15, 0.2) is 0 Å². The van der Waals surface area contributed by atoms with Crippen LogP contribution < -0.4 is 0 Å². The van der Waals surface area contributed by atoms with E-state index in [2.05, 4.69) is 0 Å². The predicted molar refractivity (Wildman–Crippen MR) is 72.1 cm³/mol. The first-order valence-electron chi connectivity index (χ1n) is 8.34. The molecule has 4 saturated carbocycles. The van der Waals surface area contributed by atoms with Gasteiger partial charge in [0, 0.05) is 12.8 Å². The average molecular weight is 246 g/mol. The number of hydrogen-bond donors (Lipinski definition) is 0. The van der Waals surface area contributed by atoms with Gasteiger partial charge in [0.2, 0.25) is 0 Å². The lowest BCUT2D eigenvalue weighted by atomic mass is 9.54. The molecular weight excluding hydrogens is 220 g/mol. The largest absolute Gasteiger partial charge is 0.300 e. The summed E-state index contributed by atoms with van der Waals surface area (Å²) >= 11 is 0. The maximum Gasteiger partial charge on any atom is 0.133 e. The quantitative estimate of drug-likeness (QED) is 0.626. The number of ketones is 1. The molecule has 0 saturated heterocycles. The van der Waals surface area contributed by atoms with Crippen LogP contribution in [0, 0.1) is 35.5 Å². The number of fused-ring (bicyclic) bond motifs is 5. The molecule has 0 aromatic carbocycles. The van der Waals surface area contributed by atoms with Gasteiger partial charge in [-0.15, -0.1) is 0 Å². The van der Waals surface area contributed by atoms with Gasteiger partial charge in [-0.1, -0.05) is 19.3 Å². The number of Topliss-reactive ketones (excluding diaryl/α,β-unsaturated/α-hetero) is 1. The fourth-order valence-corrected chi connectivity index (χ4v) is 6.24. The van der Waals surface area contributed by atoms with E-state index in [9.17, 15) is 4.79 Å². The monoisotopic (exact) mass is 246 g/mol. The van der Waals surface area contributed by atoms with Crippen molar-refractivity contribution in [2.45, 2.75) is 64.2 Å².